The first kappa shape index (κ1) is 19.0. The van der Waals surface area contributed by atoms with E-state index in [1.807, 2.05) is 0 Å². The van der Waals surface area contributed by atoms with Gasteiger partial charge < -0.3 is 0 Å². The lowest BCUT2D eigenvalue weighted by molar-refractivity contribution is 0.165. The van der Waals surface area contributed by atoms with Crippen molar-refractivity contribution in [3.63, 3.8) is 0 Å². The fraction of sp³-hybridized carbons (Fsp3) is 1.00. The van der Waals surface area contributed by atoms with E-state index in [2.05, 4.69) is 41.5 Å². The van der Waals surface area contributed by atoms with Crippen molar-refractivity contribution in [2.45, 2.75) is 112 Å². The molecule has 0 bridgehead atoms. The summed E-state index contributed by atoms with van der Waals surface area (Å²) < 4.78 is 0. The molecule has 0 rings (SSSR count). The fourth-order valence-corrected chi connectivity index (χ4v) is 4.06. The second-order valence-electron chi connectivity index (χ2n) is 6.77. The minimum absolute atomic E-state index is 0.647. The van der Waals surface area contributed by atoms with Crippen molar-refractivity contribution in [1.82, 2.24) is 0 Å². The van der Waals surface area contributed by atoms with Crippen molar-refractivity contribution in [3.8, 4) is 0 Å². The molecule has 0 fully saturated rings. The molecular formula is C19H40. The lowest BCUT2D eigenvalue weighted by Gasteiger charge is -2.36. The van der Waals surface area contributed by atoms with Crippen LogP contribution in [0.3, 0.4) is 0 Å². The van der Waals surface area contributed by atoms with Crippen LogP contribution in [0.1, 0.15) is 112 Å². The minimum Gasteiger partial charge on any atom is -0.0654 e. The maximum Gasteiger partial charge on any atom is -0.0303 e. The largest absolute Gasteiger partial charge is 0.0654 e. The average molecular weight is 269 g/mol. The summed E-state index contributed by atoms with van der Waals surface area (Å²) in [6.45, 7) is 14.3. The van der Waals surface area contributed by atoms with Crippen molar-refractivity contribution in [2.75, 3.05) is 0 Å². The SMILES string of the molecule is CCCC(CC)(CC)CCCC(CC)(CC)CCC. The van der Waals surface area contributed by atoms with Gasteiger partial charge in [0.2, 0.25) is 0 Å². The second kappa shape index (κ2) is 9.83. The van der Waals surface area contributed by atoms with E-state index in [-0.39, 0.29) is 0 Å². The summed E-state index contributed by atoms with van der Waals surface area (Å²) in [6.07, 6.45) is 15.4. The normalized spacial score (nSPS) is 12.9. The van der Waals surface area contributed by atoms with Crippen LogP contribution < -0.4 is 0 Å². The molecule has 0 saturated heterocycles. The van der Waals surface area contributed by atoms with E-state index in [0.717, 1.165) is 0 Å². The Kier molecular flexibility index (Phi) is 9.83. The maximum atomic E-state index is 2.40. The van der Waals surface area contributed by atoms with Crippen molar-refractivity contribution < 1.29 is 0 Å². The van der Waals surface area contributed by atoms with Gasteiger partial charge in [0, 0.05) is 0 Å². The molecule has 116 valence electrons. The molecule has 0 aliphatic rings. The summed E-state index contributed by atoms with van der Waals surface area (Å²) in [5, 5.41) is 0. The Bertz CT molecular complexity index is 174. The number of rotatable bonds is 12. The smallest absolute Gasteiger partial charge is 0.0303 e. The first-order valence-electron chi connectivity index (χ1n) is 9.07. The third-order valence-corrected chi connectivity index (χ3v) is 5.97. The lowest BCUT2D eigenvalue weighted by atomic mass is 9.70. The predicted molar refractivity (Wildman–Crippen MR) is 89.7 cm³/mol. The van der Waals surface area contributed by atoms with Gasteiger partial charge >= 0.3 is 0 Å². The highest BCUT2D eigenvalue weighted by molar-refractivity contribution is 4.80. The molecule has 0 radical (unpaired) electrons. The molecular weight excluding hydrogens is 228 g/mol. The molecule has 0 amide bonds. The summed E-state index contributed by atoms with van der Waals surface area (Å²) in [7, 11) is 0. The van der Waals surface area contributed by atoms with Crippen LogP contribution in [0.4, 0.5) is 0 Å². The van der Waals surface area contributed by atoms with Crippen molar-refractivity contribution in [1.29, 1.82) is 0 Å². The van der Waals surface area contributed by atoms with Gasteiger partial charge in [-0.2, -0.15) is 0 Å². The molecule has 0 heteroatoms. The zero-order valence-electron chi connectivity index (χ0n) is 14.8. The third-order valence-electron chi connectivity index (χ3n) is 5.97. The Balaban J connectivity index is 4.43. The van der Waals surface area contributed by atoms with Crippen LogP contribution >= 0.6 is 0 Å². The van der Waals surface area contributed by atoms with Crippen LogP contribution in [0.25, 0.3) is 0 Å². The van der Waals surface area contributed by atoms with Gasteiger partial charge in [0.1, 0.15) is 0 Å². The van der Waals surface area contributed by atoms with E-state index in [9.17, 15) is 0 Å². The van der Waals surface area contributed by atoms with Gasteiger partial charge in [-0.1, -0.05) is 86.5 Å². The molecule has 0 aliphatic carbocycles. The zero-order chi connectivity index (χ0) is 14.8. The summed E-state index contributed by atoms with van der Waals surface area (Å²) in [5.41, 5.74) is 1.29. The summed E-state index contributed by atoms with van der Waals surface area (Å²) >= 11 is 0. The van der Waals surface area contributed by atoms with Crippen molar-refractivity contribution >= 4 is 0 Å². The van der Waals surface area contributed by atoms with E-state index in [1.165, 1.54) is 70.6 Å². The molecule has 0 atom stereocenters. The topological polar surface area (TPSA) is 0 Å². The van der Waals surface area contributed by atoms with Gasteiger partial charge in [0.05, 0.1) is 0 Å². The fourth-order valence-electron chi connectivity index (χ4n) is 4.06. The van der Waals surface area contributed by atoms with Gasteiger partial charge in [-0.3, -0.25) is 0 Å². The van der Waals surface area contributed by atoms with Crippen molar-refractivity contribution in [2.24, 2.45) is 10.8 Å². The highest BCUT2D eigenvalue weighted by atomic mass is 14.3. The average Bonchev–Trinajstić information content (AvgIpc) is 2.45. The Labute approximate surface area is 123 Å². The quantitative estimate of drug-likeness (QED) is 0.346. The van der Waals surface area contributed by atoms with Crippen LogP contribution in [0, 0.1) is 10.8 Å². The molecule has 0 aliphatic heterocycles. The van der Waals surface area contributed by atoms with Gasteiger partial charge in [-0.25, -0.2) is 0 Å². The summed E-state index contributed by atoms with van der Waals surface area (Å²) in [4.78, 5) is 0. The molecule has 0 heterocycles. The second-order valence-corrected chi connectivity index (χ2v) is 6.77. The van der Waals surface area contributed by atoms with Crippen LogP contribution in [0.15, 0.2) is 0 Å². The zero-order valence-corrected chi connectivity index (χ0v) is 14.8. The number of hydrogen-bond acceptors (Lipinski definition) is 0. The third kappa shape index (κ3) is 5.88. The molecule has 0 aromatic heterocycles. The van der Waals surface area contributed by atoms with Gasteiger partial charge in [0.25, 0.3) is 0 Å². The standard InChI is InChI=1S/C19H40/c1-7-14-18(9-3,10-4)16-13-17-19(11-5,12-6)15-8-2/h7-17H2,1-6H3. The highest BCUT2D eigenvalue weighted by Gasteiger charge is 2.28. The monoisotopic (exact) mass is 268 g/mol. The Morgan fingerprint density at radius 2 is 0.789 bits per heavy atom. The van der Waals surface area contributed by atoms with Crippen LogP contribution in [0.5, 0.6) is 0 Å². The molecule has 0 aromatic carbocycles. The molecule has 0 N–H and O–H groups in total. The van der Waals surface area contributed by atoms with Gasteiger partial charge in [-0.15, -0.1) is 0 Å². The van der Waals surface area contributed by atoms with Crippen molar-refractivity contribution in [3.05, 3.63) is 0 Å². The Morgan fingerprint density at radius 3 is 1.00 bits per heavy atom. The molecule has 0 saturated carbocycles. The predicted octanol–water partition coefficient (Wildman–Crippen LogP) is 7.37. The molecule has 0 unspecified atom stereocenters. The molecule has 0 spiro atoms. The summed E-state index contributed by atoms with van der Waals surface area (Å²) in [5.74, 6) is 0. The first-order chi connectivity index (χ1) is 9.07. The van der Waals surface area contributed by atoms with Gasteiger partial charge in [0.15, 0.2) is 0 Å². The van der Waals surface area contributed by atoms with E-state index < -0.39 is 0 Å². The summed E-state index contributed by atoms with van der Waals surface area (Å²) in [6, 6.07) is 0. The van der Waals surface area contributed by atoms with Crippen LogP contribution in [-0.2, 0) is 0 Å². The van der Waals surface area contributed by atoms with E-state index in [0.29, 0.717) is 10.8 Å². The maximum absolute atomic E-state index is 2.40. The highest BCUT2D eigenvalue weighted by Crippen LogP contribution is 2.42. The van der Waals surface area contributed by atoms with Crippen LogP contribution in [-0.4, -0.2) is 0 Å². The Morgan fingerprint density at radius 1 is 0.474 bits per heavy atom. The molecule has 19 heavy (non-hydrogen) atoms. The van der Waals surface area contributed by atoms with E-state index in [4.69, 9.17) is 0 Å². The number of hydrogen-bond donors (Lipinski definition) is 0. The van der Waals surface area contributed by atoms with E-state index in [1.54, 1.807) is 0 Å². The van der Waals surface area contributed by atoms with Gasteiger partial charge in [-0.05, 0) is 36.5 Å². The van der Waals surface area contributed by atoms with E-state index >= 15 is 0 Å². The Hall–Kier alpha value is 0. The first-order valence-corrected chi connectivity index (χ1v) is 9.07. The van der Waals surface area contributed by atoms with Crippen LogP contribution in [0.2, 0.25) is 0 Å². The molecule has 0 aromatic rings. The lowest BCUT2D eigenvalue weighted by Crippen LogP contribution is -2.22. The minimum atomic E-state index is 0.647. The molecule has 0 nitrogen and oxygen atoms in total.